The van der Waals surface area contributed by atoms with Gasteiger partial charge >= 0.3 is 0 Å². The van der Waals surface area contributed by atoms with E-state index in [-0.39, 0.29) is 12.3 Å². The van der Waals surface area contributed by atoms with Crippen molar-refractivity contribution in [3.05, 3.63) is 40.8 Å². The van der Waals surface area contributed by atoms with E-state index < -0.39 is 5.91 Å². The monoisotopic (exact) mass is 331 g/mol. The molecule has 0 aromatic carbocycles. The fourth-order valence-corrected chi connectivity index (χ4v) is 3.02. The van der Waals surface area contributed by atoms with E-state index in [1.54, 1.807) is 11.5 Å². The van der Waals surface area contributed by atoms with Gasteiger partial charge in [0.05, 0.1) is 12.1 Å². The third-order valence-electron chi connectivity index (χ3n) is 3.66. The van der Waals surface area contributed by atoms with Crippen molar-refractivity contribution >= 4 is 34.4 Å². The quantitative estimate of drug-likeness (QED) is 0.795. The van der Waals surface area contributed by atoms with Gasteiger partial charge in [0.15, 0.2) is 5.13 Å². The second-order valence-corrected chi connectivity index (χ2v) is 6.53. The number of primary amides is 1. The van der Waals surface area contributed by atoms with E-state index in [0.29, 0.717) is 28.4 Å². The number of carbonyl (C=O) groups is 2. The summed E-state index contributed by atoms with van der Waals surface area (Å²) < 4.78 is 5.70. The molecule has 120 valence electrons. The molecular weight excluding hydrogens is 314 g/mol. The maximum absolute atomic E-state index is 11.9. The summed E-state index contributed by atoms with van der Waals surface area (Å²) in [6, 6.07) is 3.82. The highest BCUT2D eigenvalue weighted by atomic mass is 32.1. The minimum atomic E-state index is -0.452. The van der Waals surface area contributed by atoms with Crippen LogP contribution in [0.25, 0.3) is 6.08 Å². The predicted octanol–water partition coefficient (Wildman–Crippen LogP) is 2.54. The largest absolute Gasteiger partial charge is 0.461 e. The van der Waals surface area contributed by atoms with Crippen LogP contribution in [0.2, 0.25) is 0 Å². The minimum absolute atomic E-state index is 0.0664. The van der Waals surface area contributed by atoms with Gasteiger partial charge in [-0.25, -0.2) is 4.98 Å². The normalized spacial score (nSPS) is 19.9. The molecule has 1 fully saturated rings. The lowest BCUT2D eigenvalue weighted by Crippen LogP contribution is -2.14. The number of hydrogen-bond donors (Lipinski definition) is 2. The van der Waals surface area contributed by atoms with Crippen molar-refractivity contribution in [3.63, 3.8) is 0 Å². The Hall–Kier alpha value is -2.41. The lowest BCUT2D eigenvalue weighted by molar-refractivity contribution is -0.117. The maximum atomic E-state index is 11.9. The van der Waals surface area contributed by atoms with Crippen LogP contribution in [0.5, 0.6) is 0 Å². The maximum Gasteiger partial charge on any atom is 0.250 e. The first kappa shape index (κ1) is 15.5. The average molecular weight is 331 g/mol. The molecule has 1 aliphatic rings. The molecule has 1 saturated carbocycles. The molecule has 0 radical (unpaired) electrons. The minimum Gasteiger partial charge on any atom is -0.461 e. The zero-order chi connectivity index (χ0) is 16.4. The number of rotatable bonds is 6. The number of anilines is 1. The standard InChI is InChI=1S/C16H17N3O3S/c1-9-6-12(9)13-4-2-11(22-13)3-5-15(21)19-16-18-10(8-23-16)7-14(17)20/h2-5,8-9,12H,6-7H2,1H3,(H2,17,20)(H,18,19,21). The van der Waals surface area contributed by atoms with Crippen LogP contribution in [0, 0.1) is 5.92 Å². The van der Waals surface area contributed by atoms with Crippen LogP contribution in [0.3, 0.4) is 0 Å². The molecular formula is C16H17N3O3S. The highest BCUT2D eigenvalue weighted by Gasteiger charge is 2.36. The van der Waals surface area contributed by atoms with E-state index in [9.17, 15) is 9.59 Å². The SMILES string of the molecule is CC1CC1c1ccc(C=CC(=O)Nc2nc(CC(N)=O)cs2)o1. The molecule has 7 heteroatoms. The molecule has 2 heterocycles. The third-order valence-corrected chi connectivity index (χ3v) is 4.47. The van der Waals surface area contributed by atoms with Crippen LogP contribution < -0.4 is 11.1 Å². The Morgan fingerprint density at radius 3 is 3.00 bits per heavy atom. The van der Waals surface area contributed by atoms with E-state index in [0.717, 1.165) is 12.2 Å². The second kappa shape index (κ2) is 6.37. The number of amides is 2. The number of furan rings is 1. The predicted molar refractivity (Wildman–Crippen MR) is 87.9 cm³/mol. The molecule has 0 aliphatic heterocycles. The van der Waals surface area contributed by atoms with Gasteiger partial charge in [0.1, 0.15) is 11.5 Å². The molecule has 3 rings (SSSR count). The van der Waals surface area contributed by atoms with Gasteiger partial charge in [-0.3, -0.25) is 14.9 Å². The summed E-state index contributed by atoms with van der Waals surface area (Å²) in [6.07, 6.45) is 4.25. The molecule has 2 unspecified atom stereocenters. The second-order valence-electron chi connectivity index (χ2n) is 5.67. The fourth-order valence-electron chi connectivity index (χ4n) is 2.30. The van der Waals surface area contributed by atoms with E-state index in [2.05, 4.69) is 17.2 Å². The number of hydrogen-bond acceptors (Lipinski definition) is 5. The molecule has 3 N–H and O–H groups in total. The van der Waals surface area contributed by atoms with Crippen molar-refractivity contribution < 1.29 is 14.0 Å². The number of nitrogens with one attached hydrogen (secondary N) is 1. The number of aromatic nitrogens is 1. The fraction of sp³-hybridized carbons (Fsp3) is 0.312. The summed E-state index contributed by atoms with van der Waals surface area (Å²) in [7, 11) is 0. The van der Waals surface area contributed by atoms with E-state index in [1.807, 2.05) is 12.1 Å². The first-order valence-electron chi connectivity index (χ1n) is 7.33. The number of nitrogens with zero attached hydrogens (tertiary/aromatic N) is 1. The molecule has 23 heavy (non-hydrogen) atoms. The first-order valence-corrected chi connectivity index (χ1v) is 8.20. The summed E-state index contributed by atoms with van der Waals surface area (Å²) in [6.45, 7) is 2.19. The van der Waals surface area contributed by atoms with Crippen LogP contribution in [0.4, 0.5) is 5.13 Å². The Labute approximate surface area is 137 Å². The Morgan fingerprint density at radius 2 is 2.30 bits per heavy atom. The topological polar surface area (TPSA) is 98.2 Å². The lowest BCUT2D eigenvalue weighted by atomic mass is 10.3. The van der Waals surface area contributed by atoms with Gasteiger partial charge in [0.25, 0.3) is 0 Å². The van der Waals surface area contributed by atoms with Crippen LogP contribution in [-0.4, -0.2) is 16.8 Å². The molecule has 2 amide bonds. The molecule has 1 aliphatic carbocycles. The number of carbonyl (C=O) groups excluding carboxylic acids is 2. The van der Waals surface area contributed by atoms with Gasteiger partial charge in [-0.05, 0) is 30.5 Å². The third kappa shape index (κ3) is 4.07. The van der Waals surface area contributed by atoms with Crippen molar-refractivity contribution in [1.82, 2.24) is 4.98 Å². The summed E-state index contributed by atoms with van der Waals surface area (Å²) in [5.41, 5.74) is 5.65. The van der Waals surface area contributed by atoms with E-state index in [1.165, 1.54) is 17.4 Å². The smallest absolute Gasteiger partial charge is 0.250 e. The Balaban J connectivity index is 1.55. The molecule has 0 bridgehead atoms. The van der Waals surface area contributed by atoms with E-state index >= 15 is 0 Å². The van der Waals surface area contributed by atoms with Gasteiger partial charge in [-0.1, -0.05) is 6.92 Å². The van der Waals surface area contributed by atoms with Gasteiger partial charge in [0.2, 0.25) is 11.8 Å². The molecule has 6 nitrogen and oxygen atoms in total. The van der Waals surface area contributed by atoms with Crippen molar-refractivity contribution in [2.45, 2.75) is 25.7 Å². The first-order chi connectivity index (χ1) is 11.0. The summed E-state index contributed by atoms with van der Waals surface area (Å²) in [5.74, 6) is 2.08. The average Bonchev–Trinajstić information content (AvgIpc) is 2.90. The zero-order valence-electron chi connectivity index (χ0n) is 12.6. The molecule has 2 aromatic heterocycles. The van der Waals surface area contributed by atoms with Gasteiger partial charge in [0, 0.05) is 17.4 Å². The summed E-state index contributed by atoms with van der Waals surface area (Å²) >= 11 is 1.25. The highest BCUT2D eigenvalue weighted by Crippen LogP contribution is 2.47. The molecule has 0 spiro atoms. The van der Waals surface area contributed by atoms with Gasteiger partial charge < -0.3 is 10.2 Å². The highest BCUT2D eigenvalue weighted by molar-refractivity contribution is 7.14. The van der Waals surface area contributed by atoms with Crippen LogP contribution in [-0.2, 0) is 16.0 Å². The Kier molecular flexibility index (Phi) is 4.29. The van der Waals surface area contributed by atoms with Crippen LogP contribution >= 0.6 is 11.3 Å². The van der Waals surface area contributed by atoms with Crippen LogP contribution in [0.15, 0.2) is 28.0 Å². The van der Waals surface area contributed by atoms with Crippen molar-refractivity contribution in [2.75, 3.05) is 5.32 Å². The summed E-state index contributed by atoms with van der Waals surface area (Å²) in [4.78, 5) is 26.8. The number of nitrogens with two attached hydrogens (primary N) is 1. The number of thiazole rings is 1. The van der Waals surface area contributed by atoms with Crippen molar-refractivity contribution in [2.24, 2.45) is 11.7 Å². The van der Waals surface area contributed by atoms with Crippen molar-refractivity contribution in [3.8, 4) is 0 Å². The van der Waals surface area contributed by atoms with Crippen molar-refractivity contribution in [1.29, 1.82) is 0 Å². The van der Waals surface area contributed by atoms with Crippen LogP contribution in [0.1, 0.15) is 36.5 Å². The molecule has 0 saturated heterocycles. The zero-order valence-corrected chi connectivity index (χ0v) is 13.4. The molecule has 2 atom stereocenters. The Morgan fingerprint density at radius 1 is 1.52 bits per heavy atom. The Bertz CT molecular complexity index is 762. The molecule has 2 aromatic rings. The van der Waals surface area contributed by atoms with Gasteiger partial charge in [-0.15, -0.1) is 11.3 Å². The van der Waals surface area contributed by atoms with Gasteiger partial charge in [-0.2, -0.15) is 0 Å². The van der Waals surface area contributed by atoms with E-state index in [4.69, 9.17) is 10.2 Å². The lowest BCUT2D eigenvalue weighted by Gasteiger charge is -1.95. The summed E-state index contributed by atoms with van der Waals surface area (Å²) in [5, 5.41) is 4.77.